The van der Waals surface area contributed by atoms with Crippen molar-refractivity contribution in [2.75, 3.05) is 31.1 Å². The van der Waals surface area contributed by atoms with Gasteiger partial charge < -0.3 is 4.90 Å². The molecule has 28 heavy (non-hydrogen) atoms. The first-order valence-corrected chi connectivity index (χ1v) is 11.1. The number of hydrogen-bond acceptors (Lipinski definition) is 6. The highest BCUT2D eigenvalue weighted by molar-refractivity contribution is 7.91. The standard InChI is InChI=1S/C18H23F2N3O4S/c19-18(20)28(26,27)14-3-4-15(17(11-14)23(24)25)21-5-7-22(8-6-21)16-10-12-1-2-13(16)9-12/h3-4,11-13,16,18H,1-2,5-10H2. The smallest absolute Gasteiger partial charge is 0.341 e. The zero-order valence-corrected chi connectivity index (χ0v) is 16.2. The molecule has 7 nitrogen and oxygen atoms in total. The molecule has 0 amide bonds. The zero-order valence-electron chi connectivity index (χ0n) is 15.3. The van der Waals surface area contributed by atoms with Gasteiger partial charge in [-0.2, -0.15) is 8.78 Å². The minimum absolute atomic E-state index is 0.283. The van der Waals surface area contributed by atoms with Gasteiger partial charge in [0.25, 0.3) is 5.69 Å². The lowest BCUT2D eigenvalue weighted by atomic mass is 9.93. The van der Waals surface area contributed by atoms with Crippen LogP contribution >= 0.6 is 0 Å². The summed E-state index contributed by atoms with van der Waals surface area (Å²) in [6.45, 7) is 2.77. The van der Waals surface area contributed by atoms with Gasteiger partial charge in [0.05, 0.1) is 9.82 Å². The number of hydrogen-bond donors (Lipinski definition) is 0. The first-order valence-electron chi connectivity index (χ1n) is 9.57. The molecule has 1 aliphatic heterocycles. The van der Waals surface area contributed by atoms with Crippen LogP contribution in [0.4, 0.5) is 20.2 Å². The summed E-state index contributed by atoms with van der Waals surface area (Å²) < 4.78 is 48.8. The van der Waals surface area contributed by atoms with Gasteiger partial charge in [-0.05, 0) is 43.2 Å². The second-order valence-corrected chi connectivity index (χ2v) is 9.90. The number of anilines is 1. The van der Waals surface area contributed by atoms with Crippen molar-refractivity contribution in [1.29, 1.82) is 0 Å². The van der Waals surface area contributed by atoms with E-state index in [4.69, 9.17) is 0 Å². The molecule has 1 aromatic rings. The van der Waals surface area contributed by atoms with Gasteiger partial charge in [0.1, 0.15) is 5.69 Å². The Morgan fingerprint density at radius 3 is 2.36 bits per heavy atom. The number of rotatable bonds is 5. The number of benzene rings is 1. The SMILES string of the molecule is O=[N+]([O-])c1cc(S(=O)(=O)C(F)F)ccc1N1CCN(C2CC3CCC2C3)CC1. The highest BCUT2D eigenvalue weighted by Gasteiger charge is 2.43. The van der Waals surface area contributed by atoms with Gasteiger partial charge in [0, 0.05) is 38.3 Å². The molecule has 3 atom stereocenters. The van der Waals surface area contributed by atoms with Gasteiger partial charge in [-0.1, -0.05) is 6.42 Å². The van der Waals surface area contributed by atoms with Crippen LogP contribution in [0.15, 0.2) is 23.1 Å². The van der Waals surface area contributed by atoms with Crippen molar-refractivity contribution in [2.24, 2.45) is 11.8 Å². The van der Waals surface area contributed by atoms with Crippen molar-refractivity contribution in [3.05, 3.63) is 28.3 Å². The Balaban J connectivity index is 1.51. The fraction of sp³-hybridized carbons (Fsp3) is 0.667. The van der Waals surface area contributed by atoms with E-state index in [1.165, 1.54) is 31.7 Å². The monoisotopic (exact) mass is 415 g/mol. The molecule has 2 aliphatic carbocycles. The molecule has 2 bridgehead atoms. The zero-order chi connectivity index (χ0) is 20.1. The van der Waals surface area contributed by atoms with E-state index in [0.29, 0.717) is 19.1 Å². The Hall–Kier alpha value is -1.81. The summed E-state index contributed by atoms with van der Waals surface area (Å²) in [5.41, 5.74) is -0.166. The average Bonchev–Trinajstić information content (AvgIpc) is 3.31. The molecular formula is C18H23F2N3O4S. The largest absolute Gasteiger partial charge is 0.363 e. The topological polar surface area (TPSA) is 83.8 Å². The number of nitro groups is 1. The van der Waals surface area contributed by atoms with Crippen LogP contribution in [0.1, 0.15) is 25.7 Å². The molecule has 3 fully saturated rings. The van der Waals surface area contributed by atoms with Crippen molar-refractivity contribution >= 4 is 21.2 Å². The van der Waals surface area contributed by atoms with E-state index in [-0.39, 0.29) is 5.69 Å². The molecule has 3 unspecified atom stereocenters. The summed E-state index contributed by atoms with van der Waals surface area (Å²) >= 11 is 0. The maximum atomic E-state index is 12.8. The molecule has 1 saturated heterocycles. The fourth-order valence-corrected chi connectivity index (χ4v) is 5.89. The van der Waals surface area contributed by atoms with Crippen molar-refractivity contribution in [3.63, 3.8) is 0 Å². The van der Waals surface area contributed by atoms with Crippen molar-refractivity contribution in [3.8, 4) is 0 Å². The second-order valence-electron chi connectivity index (χ2n) is 7.98. The lowest BCUT2D eigenvalue weighted by molar-refractivity contribution is -0.384. The first kappa shape index (κ1) is 19.5. The van der Waals surface area contributed by atoms with Gasteiger partial charge >= 0.3 is 5.76 Å². The molecule has 0 aromatic heterocycles. The number of nitro benzene ring substituents is 1. The number of sulfone groups is 1. The third kappa shape index (κ3) is 3.36. The lowest BCUT2D eigenvalue weighted by Crippen LogP contribution is -2.51. The molecule has 3 aliphatic rings. The van der Waals surface area contributed by atoms with Crippen LogP contribution in [0.3, 0.4) is 0 Å². The maximum Gasteiger partial charge on any atom is 0.341 e. The van der Waals surface area contributed by atoms with Gasteiger partial charge in [-0.3, -0.25) is 15.0 Å². The Kier molecular flexibility index (Phi) is 5.03. The van der Waals surface area contributed by atoms with Crippen molar-refractivity contribution in [1.82, 2.24) is 4.90 Å². The molecule has 0 N–H and O–H groups in total. The molecule has 0 radical (unpaired) electrons. The van der Waals surface area contributed by atoms with E-state index in [0.717, 1.165) is 37.1 Å². The molecular weight excluding hydrogens is 392 g/mol. The number of fused-ring (bicyclic) bond motifs is 2. The quantitative estimate of drug-likeness (QED) is 0.543. The molecule has 0 spiro atoms. The first-order chi connectivity index (χ1) is 13.3. The summed E-state index contributed by atoms with van der Waals surface area (Å²) in [4.78, 5) is 14.4. The van der Waals surface area contributed by atoms with E-state index >= 15 is 0 Å². The third-order valence-corrected chi connectivity index (χ3v) is 7.91. The van der Waals surface area contributed by atoms with Crippen molar-refractivity contribution in [2.45, 2.75) is 42.4 Å². The van der Waals surface area contributed by atoms with E-state index in [1.54, 1.807) is 0 Å². The van der Waals surface area contributed by atoms with E-state index in [9.17, 15) is 27.3 Å². The minimum atomic E-state index is -4.87. The lowest BCUT2D eigenvalue weighted by Gasteiger charge is -2.41. The van der Waals surface area contributed by atoms with Gasteiger partial charge in [-0.25, -0.2) is 8.42 Å². The molecule has 1 aromatic carbocycles. The predicted molar refractivity (Wildman–Crippen MR) is 99.3 cm³/mol. The second kappa shape index (κ2) is 7.22. The summed E-state index contributed by atoms with van der Waals surface area (Å²) in [5.74, 6) is -1.99. The minimum Gasteiger partial charge on any atom is -0.363 e. The van der Waals surface area contributed by atoms with E-state index < -0.39 is 31.1 Å². The summed E-state index contributed by atoms with van der Waals surface area (Å²) in [5, 5.41) is 11.5. The van der Waals surface area contributed by atoms with Crippen LogP contribution in [0, 0.1) is 22.0 Å². The third-order valence-electron chi connectivity index (χ3n) is 6.53. The highest BCUT2D eigenvalue weighted by Crippen LogP contribution is 2.47. The van der Waals surface area contributed by atoms with Gasteiger partial charge in [0.2, 0.25) is 9.84 Å². The van der Waals surface area contributed by atoms with Crippen LogP contribution in [0.2, 0.25) is 0 Å². The highest BCUT2D eigenvalue weighted by atomic mass is 32.2. The van der Waals surface area contributed by atoms with Crippen LogP contribution < -0.4 is 4.90 Å². The van der Waals surface area contributed by atoms with Crippen LogP contribution in [-0.4, -0.2) is 56.2 Å². The number of halogens is 2. The number of alkyl halides is 2. The van der Waals surface area contributed by atoms with Crippen LogP contribution in [0.5, 0.6) is 0 Å². The summed E-state index contributed by atoms with van der Waals surface area (Å²) in [6, 6.07) is 3.67. The summed E-state index contributed by atoms with van der Waals surface area (Å²) in [6.07, 6.45) is 5.18. The van der Waals surface area contributed by atoms with E-state index in [1.807, 2.05) is 4.90 Å². The van der Waals surface area contributed by atoms with Crippen LogP contribution in [-0.2, 0) is 9.84 Å². The summed E-state index contributed by atoms with van der Waals surface area (Å²) in [7, 11) is -4.87. The Morgan fingerprint density at radius 2 is 1.82 bits per heavy atom. The van der Waals surface area contributed by atoms with Crippen LogP contribution in [0.25, 0.3) is 0 Å². The number of piperazine rings is 1. The average molecular weight is 415 g/mol. The number of nitrogens with zero attached hydrogens (tertiary/aromatic N) is 3. The van der Waals surface area contributed by atoms with E-state index in [2.05, 4.69) is 4.90 Å². The Bertz CT molecular complexity index is 872. The Morgan fingerprint density at radius 1 is 1.11 bits per heavy atom. The maximum absolute atomic E-state index is 12.8. The fourth-order valence-electron chi connectivity index (χ4n) is 5.15. The molecule has 2 saturated carbocycles. The molecule has 154 valence electrons. The predicted octanol–water partition coefficient (Wildman–Crippen LogP) is 2.90. The molecule has 4 rings (SSSR count). The normalized spacial score (nSPS) is 28.2. The molecule has 1 heterocycles. The van der Waals surface area contributed by atoms with Gasteiger partial charge in [-0.15, -0.1) is 0 Å². The molecule has 10 heteroatoms. The Labute approximate surface area is 162 Å². The van der Waals surface area contributed by atoms with Crippen molar-refractivity contribution < 1.29 is 22.1 Å². The van der Waals surface area contributed by atoms with Gasteiger partial charge in [0.15, 0.2) is 0 Å².